The average molecular weight is 218 g/mol. The molecule has 1 aromatic carbocycles. The molecule has 0 N–H and O–H groups in total. The summed E-state index contributed by atoms with van der Waals surface area (Å²) in [4.78, 5) is 0. The summed E-state index contributed by atoms with van der Waals surface area (Å²) in [6.45, 7) is 0. The summed E-state index contributed by atoms with van der Waals surface area (Å²) in [5, 5.41) is 0. The molecule has 0 nitrogen and oxygen atoms in total. The van der Waals surface area contributed by atoms with Crippen LogP contribution in [0.15, 0.2) is 30.3 Å². The Hall–Kier alpha value is 0.584. The van der Waals surface area contributed by atoms with Crippen LogP contribution in [-0.4, -0.2) is 0 Å². The van der Waals surface area contributed by atoms with E-state index in [-0.39, 0.29) is 0 Å². The molecule has 0 fully saturated rings. The van der Waals surface area contributed by atoms with Crippen LogP contribution in [0.2, 0.25) is 0 Å². The zero-order valence-electron chi connectivity index (χ0n) is 3.96. The third kappa shape index (κ3) is 1.88. The van der Waals surface area contributed by atoms with Gasteiger partial charge in [0.05, 0.1) is 0 Å². The Bertz CT molecular complexity index is 134. The second-order valence-electron chi connectivity index (χ2n) is 1.41. The Morgan fingerprint density at radius 3 is 1.86 bits per heavy atom. The fourth-order valence-corrected chi connectivity index (χ4v) is 1.17. The Morgan fingerprint density at radius 2 is 1.57 bits per heavy atom. The zero-order valence-corrected chi connectivity index (χ0v) is 7.67. The molecule has 1 heteroatoms. The summed E-state index contributed by atoms with van der Waals surface area (Å²) in [6.07, 6.45) is 0. The number of benzene rings is 1. The minimum absolute atomic E-state index is 0.992. The van der Waals surface area contributed by atoms with Crippen LogP contribution in [0.4, 0.5) is 0 Å². The SMILES string of the molecule is [Pr][c]1ccccc1. The van der Waals surface area contributed by atoms with E-state index < -0.39 is 0 Å². The monoisotopic (exact) mass is 218 g/mol. The summed E-state index contributed by atoms with van der Waals surface area (Å²) in [6, 6.07) is 10.5. The second kappa shape index (κ2) is 2.79. The van der Waals surface area contributed by atoms with Crippen LogP contribution in [0.5, 0.6) is 0 Å². The van der Waals surface area contributed by atoms with Gasteiger partial charge >= 0.3 is 70.7 Å². The molecule has 0 atom stereocenters. The topological polar surface area (TPSA) is 0 Å². The van der Waals surface area contributed by atoms with Crippen molar-refractivity contribution in [3.05, 3.63) is 30.3 Å². The Kier molecular flexibility index (Phi) is 2.27. The van der Waals surface area contributed by atoms with E-state index in [0.29, 0.717) is 0 Å². The maximum atomic E-state index is 2.16. The Labute approximate surface area is 69.9 Å². The van der Waals surface area contributed by atoms with Gasteiger partial charge in [0.25, 0.3) is 0 Å². The van der Waals surface area contributed by atoms with Crippen LogP contribution in [0.1, 0.15) is 0 Å². The van der Waals surface area contributed by atoms with Gasteiger partial charge in [0, 0.05) is 0 Å². The van der Waals surface area contributed by atoms with E-state index in [1.807, 2.05) is 6.07 Å². The molecule has 0 aliphatic heterocycles. The van der Waals surface area contributed by atoms with Crippen LogP contribution in [0, 0.1) is 39.2 Å². The van der Waals surface area contributed by atoms with E-state index in [2.05, 4.69) is 24.3 Å². The first-order valence-electron chi connectivity index (χ1n) is 2.20. The van der Waals surface area contributed by atoms with Gasteiger partial charge in [-0.3, -0.25) is 0 Å². The quantitative estimate of drug-likeness (QED) is 0.605. The van der Waals surface area contributed by atoms with Crippen molar-refractivity contribution in [1.29, 1.82) is 0 Å². The molecule has 1 aromatic rings. The molecule has 32 valence electrons. The molecule has 0 aliphatic rings. The fraction of sp³-hybridized carbons (Fsp3) is 0. The Morgan fingerprint density at radius 1 is 1.00 bits per heavy atom. The van der Waals surface area contributed by atoms with Crippen LogP contribution in [0.3, 0.4) is 0 Å². The summed E-state index contributed by atoms with van der Waals surface area (Å²) in [7, 11) is 0. The summed E-state index contributed by atoms with van der Waals surface area (Å²) < 4.78 is 1.49. The first kappa shape index (κ1) is 5.72. The molecule has 0 unspecified atom stereocenters. The van der Waals surface area contributed by atoms with Crippen molar-refractivity contribution in [2.75, 3.05) is 0 Å². The van der Waals surface area contributed by atoms with Gasteiger partial charge in [-0.25, -0.2) is 0 Å². The molecular weight excluding hydrogens is 213 g/mol. The second-order valence-corrected chi connectivity index (χ2v) is 3.55. The van der Waals surface area contributed by atoms with Gasteiger partial charge in [-0.2, -0.15) is 0 Å². The molecule has 0 aromatic heterocycles. The summed E-state index contributed by atoms with van der Waals surface area (Å²) in [5.74, 6) is 0. The van der Waals surface area contributed by atoms with Crippen molar-refractivity contribution in [2.45, 2.75) is 0 Å². The predicted octanol–water partition coefficient (Wildman–Crippen LogP) is 0.861. The van der Waals surface area contributed by atoms with Crippen molar-refractivity contribution in [3.63, 3.8) is 0 Å². The van der Waals surface area contributed by atoms with Crippen molar-refractivity contribution in [2.24, 2.45) is 0 Å². The van der Waals surface area contributed by atoms with E-state index in [0.717, 1.165) is 39.2 Å². The minimum atomic E-state index is 0.992. The van der Waals surface area contributed by atoms with Gasteiger partial charge in [-0.1, -0.05) is 0 Å². The fourth-order valence-electron chi connectivity index (χ4n) is 0.453. The molecule has 0 amide bonds. The van der Waals surface area contributed by atoms with E-state index >= 15 is 0 Å². The van der Waals surface area contributed by atoms with Gasteiger partial charge in [-0.15, -0.1) is 0 Å². The molecule has 0 heterocycles. The molecule has 0 saturated heterocycles. The molecule has 7 heavy (non-hydrogen) atoms. The van der Waals surface area contributed by atoms with Crippen LogP contribution < -0.4 is 1.15 Å². The van der Waals surface area contributed by atoms with Gasteiger partial charge < -0.3 is 0 Å². The van der Waals surface area contributed by atoms with E-state index in [1.165, 1.54) is 1.15 Å². The van der Waals surface area contributed by atoms with Crippen molar-refractivity contribution >= 4 is 1.15 Å². The molecule has 0 aliphatic carbocycles. The first-order chi connectivity index (χ1) is 3.39. The predicted molar refractivity (Wildman–Crippen MR) is 26.1 cm³/mol. The van der Waals surface area contributed by atoms with Gasteiger partial charge in [0.2, 0.25) is 0 Å². The first-order valence-corrected chi connectivity index (χ1v) is 4.05. The normalized spacial score (nSPS) is 8.43. The van der Waals surface area contributed by atoms with Crippen LogP contribution in [-0.2, 0) is 0 Å². The standard InChI is InChI=1S/C6H5.Pr/c1-2-4-6-5-3-1;/h1-5H;. The van der Waals surface area contributed by atoms with Crippen molar-refractivity contribution in [3.8, 4) is 0 Å². The molecule has 1 rings (SSSR count). The zero-order chi connectivity index (χ0) is 5.11. The van der Waals surface area contributed by atoms with E-state index in [9.17, 15) is 0 Å². The number of hydrogen-bond acceptors (Lipinski definition) is 0. The van der Waals surface area contributed by atoms with Crippen LogP contribution >= 0.6 is 0 Å². The third-order valence-corrected chi connectivity index (χ3v) is 2.03. The van der Waals surface area contributed by atoms with Gasteiger partial charge in [0.1, 0.15) is 0 Å². The summed E-state index contributed by atoms with van der Waals surface area (Å²) in [5.41, 5.74) is 0. The molecule has 0 saturated carbocycles. The van der Waals surface area contributed by atoms with Gasteiger partial charge in [-0.05, 0) is 0 Å². The Balaban J connectivity index is 3.02. The molecule has 0 bridgehead atoms. The van der Waals surface area contributed by atoms with Crippen molar-refractivity contribution in [1.82, 2.24) is 0 Å². The van der Waals surface area contributed by atoms with Crippen molar-refractivity contribution < 1.29 is 39.2 Å². The molecule has 0 radical (unpaired) electrons. The summed E-state index contributed by atoms with van der Waals surface area (Å²) >= 11 is 0.992. The molecule has 0 spiro atoms. The number of hydrogen-bond donors (Lipinski definition) is 0. The van der Waals surface area contributed by atoms with Crippen LogP contribution in [0.25, 0.3) is 0 Å². The third-order valence-electron chi connectivity index (χ3n) is 0.800. The average Bonchev–Trinajstić information content (AvgIpc) is 1.69. The number of rotatable bonds is 0. The van der Waals surface area contributed by atoms with E-state index in [1.54, 1.807) is 0 Å². The molecular formula is C6H5Pr. The van der Waals surface area contributed by atoms with E-state index in [4.69, 9.17) is 0 Å². The van der Waals surface area contributed by atoms with Gasteiger partial charge in [0.15, 0.2) is 0 Å². The maximum absolute atomic E-state index is 2.16.